The van der Waals surface area contributed by atoms with Gasteiger partial charge in [0.25, 0.3) is 0 Å². The van der Waals surface area contributed by atoms with Crippen LogP contribution in [0.3, 0.4) is 0 Å². The maximum absolute atomic E-state index is 17.0. The molecule has 0 radical (unpaired) electrons. The zero-order valence-electron chi connectivity index (χ0n) is 19.3. The largest absolute Gasteiger partial charge is 0.273 e. The van der Waals surface area contributed by atoms with E-state index < -0.39 is 40.8 Å². The van der Waals surface area contributed by atoms with Gasteiger partial charge in [-0.3, -0.25) is 4.34 Å². The van der Waals surface area contributed by atoms with Crippen molar-refractivity contribution in [3.63, 3.8) is 0 Å². The van der Waals surface area contributed by atoms with E-state index in [1.807, 2.05) is 0 Å². The maximum Gasteiger partial charge on any atom is 0.148 e. The minimum atomic E-state index is -1.78. The van der Waals surface area contributed by atoms with Gasteiger partial charge in [-0.15, -0.1) is 0 Å². The molecule has 24 heavy (non-hydrogen) atoms. The van der Waals surface area contributed by atoms with E-state index in [0.29, 0.717) is 0 Å². The smallest absolute Gasteiger partial charge is 0.148 e. The average molecular weight is 426 g/mol. The van der Waals surface area contributed by atoms with Crippen LogP contribution in [0.4, 0.5) is 4.20 Å². The van der Waals surface area contributed by atoms with Gasteiger partial charge in [-0.05, 0) is 20.8 Å². The van der Waals surface area contributed by atoms with Crippen LogP contribution in [0.15, 0.2) is 0 Å². The van der Waals surface area contributed by atoms with Gasteiger partial charge in [-0.1, -0.05) is 78.6 Å². The highest BCUT2D eigenvalue weighted by molar-refractivity contribution is 7.67. The van der Waals surface area contributed by atoms with E-state index in [1.54, 1.807) is 0 Å². The van der Waals surface area contributed by atoms with Crippen molar-refractivity contribution in [1.29, 1.82) is 0 Å². The van der Waals surface area contributed by atoms with Crippen LogP contribution >= 0.6 is 8.38 Å². The molecule has 0 aromatic rings. The standard InChI is InChI=1S/C17H45FNPSi4/c1-16(2,3)19(24(13,14)15)20(18)17(21(4,5)6,22(7,8)9)23(10,11)12/h1-15H3. The van der Waals surface area contributed by atoms with Crippen LogP contribution in [0, 0.1) is 0 Å². The summed E-state index contributed by atoms with van der Waals surface area (Å²) in [6.07, 6.45) is 0. The van der Waals surface area contributed by atoms with Crippen LogP contribution in [-0.4, -0.2) is 46.4 Å². The summed E-state index contributed by atoms with van der Waals surface area (Å²) < 4.78 is 19.4. The fraction of sp³-hybridized carbons (Fsp3) is 1.00. The van der Waals surface area contributed by atoms with Gasteiger partial charge in [-0.2, -0.15) is 0 Å². The van der Waals surface area contributed by atoms with Crippen LogP contribution in [0.5, 0.6) is 0 Å². The van der Waals surface area contributed by atoms with E-state index in [2.05, 4.69) is 104 Å². The van der Waals surface area contributed by atoms with Gasteiger partial charge in [0.05, 0.1) is 24.2 Å². The molecule has 0 aliphatic heterocycles. The first-order valence-corrected chi connectivity index (χ1v) is 24.4. The fourth-order valence-electron chi connectivity index (χ4n) is 5.89. The topological polar surface area (TPSA) is 3.24 Å². The molecular formula is C17H45FNPSi4. The zero-order valence-corrected chi connectivity index (χ0v) is 24.2. The van der Waals surface area contributed by atoms with Crippen LogP contribution in [0.1, 0.15) is 20.8 Å². The first-order chi connectivity index (χ1) is 10.0. The molecule has 146 valence electrons. The number of halogens is 1. The molecule has 0 saturated carbocycles. The SMILES string of the molecule is CC(C)(C)N(P(F)C([Si](C)(C)C)([Si](C)(C)C)[Si](C)(C)C)[Si](C)(C)C. The Morgan fingerprint density at radius 3 is 1.00 bits per heavy atom. The van der Waals surface area contributed by atoms with E-state index >= 15 is 4.20 Å². The predicted octanol–water partition coefficient (Wildman–Crippen LogP) is 7.57. The van der Waals surface area contributed by atoms with Gasteiger partial charge >= 0.3 is 0 Å². The summed E-state index contributed by atoms with van der Waals surface area (Å²) in [4.78, 5) is 0. The summed E-state index contributed by atoms with van der Waals surface area (Å²) in [7, 11) is -8.63. The molecule has 1 atom stereocenters. The number of hydrogen-bond donors (Lipinski definition) is 0. The second-order valence-corrected chi connectivity index (χ2v) is 37.6. The van der Waals surface area contributed by atoms with Crippen molar-refractivity contribution in [3.8, 4) is 0 Å². The normalized spacial score (nSPS) is 17.4. The molecule has 0 spiro atoms. The third-order valence-corrected chi connectivity index (χ3v) is 38.5. The molecule has 0 saturated heterocycles. The minimum Gasteiger partial charge on any atom is -0.273 e. The highest BCUT2D eigenvalue weighted by atomic mass is 31.2. The van der Waals surface area contributed by atoms with Gasteiger partial charge in [0, 0.05) is 9.56 Å². The molecule has 0 heterocycles. The fourth-order valence-corrected chi connectivity index (χ4v) is 46.7. The lowest BCUT2D eigenvalue weighted by Crippen LogP contribution is -2.77. The molecule has 1 nitrogen and oxygen atoms in total. The van der Waals surface area contributed by atoms with Crippen molar-refractivity contribution >= 4 is 40.8 Å². The van der Waals surface area contributed by atoms with E-state index in [0.717, 1.165) is 0 Å². The van der Waals surface area contributed by atoms with Crippen molar-refractivity contribution in [2.75, 3.05) is 0 Å². The molecule has 0 aromatic heterocycles. The van der Waals surface area contributed by atoms with Gasteiger partial charge in [0.2, 0.25) is 0 Å². The lowest BCUT2D eigenvalue weighted by molar-refractivity contribution is 0.358. The summed E-state index contributed by atoms with van der Waals surface area (Å²) in [5.41, 5.74) is -0.102. The molecule has 0 rings (SSSR count). The molecule has 7 heteroatoms. The van der Waals surface area contributed by atoms with E-state index in [-0.39, 0.29) is 9.56 Å². The second-order valence-electron chi connectivity index (χ2n) is 12.4. The Labute approximate surface area is 158 Å². The number of hydrogen-bond acceptors (Lipinski definition) is 1. The predicted molar refractivity (Wildman–Crippen MR) is 126 cm³/mol. The Bertz CT molecular complexity index is 386. The lowest BCUT2D eigenvalue weighted by Gasteiger charge is -2.64. The number of nitrogens with zero attached hydrogens (tertiary/aromatic N) is 1. The highest BCUT2D eigenvalue weighted by Crippen LogP contribution is 2.68. The molecule has 0 aliphatic rings. The number of rotatable bonds is 6. The third-order valence-electron chi connectivity index (χ3n) is 4.98. The van der Waals surface area contributed by atoms with E-state index in [1.165, 1.54) is 0 Å². The van der Waals surface area contributed by atoms with Gasteiger partial charge < -0.3 is 0 Å². The van der Waals surface area contributed by atoms with Crippen molar-refractivity contribution < 1.29 is 4.20 Å². The Kier molecular flexibility index (Phi) is 7.32. The minimum absolute atomic E-state index is 0.0180. The van der Waals surface area contributed by atoms with Gasteiger partial charge in [0.15, 0.2) is 0 Å². The Morgan fingerprint density at radius 2 is 0.875 bits per heavy atom. The van der Waals surface area contributed by atoms with Crippen molar-refractivity contribution in [3.05, 3.63) is 0 Å². The summed E-state index contributed by atoms with van der Waals surface area (Å²) in [6, 6.07) is 0. The Balaban J connectivity index is 6.89. The monoisotopic (exact) mass is 425 g/mol. The van der Waals surface area contributed by atoms with E-state index in [9.17, 15) is 0 Å². The lowest BCUT2D eigenvalue weighted by atomic mass is 10.1. The molecule has 0 fully saturated rings. The Hall–Kier alpha value is 1.19. The first kappa shape index (κ1) is 25.2. The molecule has 1 unspecified atom stereocenters. The second kappa shape index (κ2) is 6.97. The van der Waals surface area contributed by atoms with Crippen molar-refractivity contribution in [1.82, 2.24) is 4.34 Å². The molecule has 0 amide bonds. The van der Waals surface area contributed by atoms with Crippen LogP contribution in [0.2, 0.25) is 78.6 Å². The quantitative estimate of drug-likeness (QED) is 0.313. The van der Waals surface area contributed by atoms with Crippen molar-refractivity contribution in [2.24, 2.45) is 0 Å². The Morgan fingerprint density at radius 1 is 0.625 bits per heavy atom. The van der Waals surface area contributed by atoms with Crippen LogP contribution < -0.4 is 0 Å². The zero-order chi connectivity index (χ0) is 20.2. The highest BCUT2D eigenvalue weighted by Gasteiger charge is 2.67. The van der Waals surface area contributed by atoms with Gasteiger partial charge in [0.1, 0.15) is 16.6 Å². The average Bonchev–Trinajstić information content (AvgIpc) is 2.02. The third kappa shape index (κ3) is 4.53. The molecule has 0 bridgehead atoms. The summed E-state index contributed by atoms with van der Waals surface area (Å²) in [6.45, 7) is 35.7. The molecule has 0 aromatic carbocycles. The van der Waals surface area contributed by atoms with Crippen LogP contribution in [-0.2, 0) is 0 Å². The maximum atomic E-state index is 17.0. The van der Waals surface area contributed by atoms with Gasteiger partial charge in [-0.25, -0.2) is 4.20 Å². The summed E-state index contributed by atoms with van der Waals surface area (Å²) >= 11 is 0. The summed E-state index contributed by atoms with van der Waals surface area (Å²) in [5, 5.41) is 0. The van der Waals surface area contributed by atoms with Crippen LogP contribution in [0.25, 0.3) is 0 Å². The first-order valence-electron chi connectivity index (χ1n) is 9.29. The van der Waals surface area contributed by atoms with Crippen molar-refractivity contribution in [2.45, 2.75) is 109 Å². The molecule has 0 N–H and O–H groups in total. The molecule has 0 aliphatic carbocycles. The van der Waals surface area contributed by atoms with E-state index in [4.69, 9.17) is 0 Å². The molecular weight excluding hydrogens is 381 g/mol. The summed E-state index contributed by atoms with van der Waals surface area (Å²) in [5.74, 6) is 0.